The number of nitrogens with one attached hydrogen (secondary N) is 1. The quantitative estimate of drug-likeness (QED) is 0.871. The van der Waals surface area contributed by atoms with Gasteiger partial charge in [-0.3, -0.25) is 9.69 Å². The fourth-order valence-electron chi connectivity index (χ4n) is 3.20. The molecule has 1 aliphatic rings. The molecule has 1 aliphatic heterocycles. The number of hydrogen-bond donors (Lipinski definition) is 2. The van der Waals surface area contributed by atoms with Crippen LogP contribution in [0.3, 0.4) is 0 Å². The minimum Gasteiger partial charge on any atom is -0.448 e. The Labute approximate surface area is 141 Å². The third-order valence-corrected chi connectivity index (χ3v) is 4.60. The summed E-state index contributed by atoms with van der Waals surface area (Å²) in [6.07, 6.45) is 2.13. The molecule has 1 fully saturated rings. The van der Waals surface area contributed by atoms with Gasteiger partial charge in [-0.25, -0.2) is 4.98 Å². The monoisotopic (exact) mass is 329 g/mol. The molecule has 3 rings (SSSR count). The SMILES string of the molecule is Cc1ocnc1C(=O)N[C@@H]1CN(Cc2ccccc2)CC[C@H]1CO. The Morgan fingerprint density at radius 1 is 1.42 bits per heavy atom. The van der Waals surface area contributed by atoms with Crippen molar-refractivity contribution >= 4 is 5.91 Å². The van der Waals surface area contributed by atoms with E-state index in [9.17, 15) is 9.90 Å². The highest BCUT2D eigenvalue weighted by Gasteiger charge is 2.31. The number of oxazole rings is 1. The summed E-state index contributed by atoms with van der Waals surface area (Å²) in [6, 6.07) is 10.2. The van der Waals surface area contributed by atoms with Gasteiger partial charge in [0.05, 0.1) is 0 Å². The first-order valence-electron chi connectivity index (χ1n) is 8.25. The lowest BCUT2D eigenvalue weighted by molar-refractivity contribution is 0.0726. The van der Waals surface area contributed by atoms with Crippen molar-refractivity contribution in [3.05, 3.63) is 53.7 Å². The van der Waals surface area contributed by atoms with Crippen LogP contribution in [0.4, 0.5) is 0 Å². The van der Waals surface area contributed by atoms with Crippen molar-refractivity contribution in [2.45, 2.75) is 25.9 Å². The van der Waals surface area contributed by atoms with Crippen LogP contribution in [0.5, 0.6) is 0 Å². The zero-order valence-electron chi connectivity index (χ0n) is 13.8. The molecule has 1 aromatic carbocycles. The number of amides is 1. The van der Waals surface area contributed by atoms with Gasteiger partial charge in [0.2, 0.25) is 0 Å². The molecule has 2 aromatic rings. The Morgan fingerprint density at radius 2 is 2.21 bits per heavy atom. The Bertz CT molecular complexity index is 671. The van der Waals surface area contributed by atoms with Gasteiger partial charge in [0.25, 0.3) is 5.91 Å². The summed E-state index contributed by atoms with van der Waals surface area (Å²) in [6.45, 7) is 4.25. The molecule has 0 aliphatic carbocycles. The maximum Gasteiger partial charge on any atom is 0.273 e. The second-order valence-corrected chi connectivity index (χ2v) is 6.29. The molecule has 0 spiro atoms. The van der Waals surface area contributed by atoms with Crippen LogP contribution in [0.2, 0.25) is 0 Å². The van der Waals surface area contributed by atoms with Gasteiger partial charge in [0.1, 0.15) is 5.76 Å². The highest BCUT2D eigenvalue weighted by molar-refractivity contribution is 5.93. The average Bonchev–Trinajstić information content (AvgIpc) is 3.02. The number of rotatable bonds is 5. The molecular formula is C18H23N3O3. The number of aryl methyl sites for hydroxylation is 1. The summed E-state index contributed by atoms with van der Waals surface area (Å²) in [7, 11) is 0. The predicted octanol–water partition coefficient (Wildman–Crippen LogP) is 1.60. The van der Waals surface area contributed by atoms with Crippen molar-refractivity contribution in [1.82, 2.24) is 15.2 Å². The third kappa shape index (κ3) is 3.83. The summed E-state index contributed by atoms with van der Waals surface area (Å²) in [4.78, 5) is 18.7. The molecule has 0 unspecified atom stereocenters. The number of aromatic nitrogens is 1. The number of likely N-dealkylation sites (tertiary alicyclic amines) is 1. The molecule has 2 atom stereocenters. The predicted molar refractivity (Wildman–Crippen MR) is 89.4 cm³/mol. The zero-order chi connectivity index (χ0) is 16.9. The average molecular weight is 329 g/mol. The van der Waals surface area contributed by atoms with Gasteiger partial charge in [-0.2, -0.15) is 0 Å². The van der Waals surface area contributed by atoms with E-state index < -0.39 is 0 Å². The van der Waals surface area contributed by atoms with Crippen LogP contribution in [0.25, 0.3) is 0 Å². The number of aliphatic hydroxyl groups is 1. The normalized spacial score (nSPS) is 21.6. The number of aliphatic hydroxyl groups excluding tert-OH is 1. The van der Waals surface area contributed by atoms with Gasteiger partial charge >= 0.3 is 0 Å². The van der Waals surface area contributed by atoms with Crippen molar-refractivity contribution in [3.63, 3.8) is 0 Å². The number of carbonyl (C=O) groups is 1. The lowest BCUT2D eigenvalue weighted by Gasteiger charge is -2.38. The van der Waals surface area contributed by atoms with Crippen molar-refractivity contribution in [1.29, 1.82) is 0 Å². The maximum absolute atomic E-state index is 12.4. The molecule has 2 N–H and O–H groups in total. The van der Waals surface area contributed by atoms with Crippen LogP contribution < -0.4 is 5.32 Å². The minimum absolute atomic E-state index is 0.0631. The molecule has 0 radical (unpaired) electrons. The maximum atomic E-state index is 12.4. The number of hydrogen-bond acceptors (Lipinski definition) is 5. The first-order valence-corrected chi connectivity index (χ1v) is 8.25. The second-order valence-electron chi connectivity index (χ2n) is 6.29. The van der Waals surface area contributed by atoms with Crippen LogP contribution in [-0.4, -0.2) is 46.6 Å². The van der Waals surface area contributed by atoms with E-state index in [4.69, 9.17) is 4.42 Å². The van der Waals surface area contributed by atoms with Gasteiger partial charge in [-0.15, -0.1) is 0 Å². The smallest absolute Gasteiger partial charge is 0.273 e. The van der Waals surface area contributed by atoms with E-state index in [1.165, 1.54) is 12.0 Å². The first kappa shape index (κ1) is 16.7. The van der Waals surface area contributed by atoms with Crippen LogP contribution in [0.15, 0.2) is 41.1 Å². The Morgan fingerprint density at radius 3 is 2.88 bits per heavy atom. The van der Waals surface area contributed by atoms with Crippen molar-refractivity contribution in [2.75, 3.05) is 19.7 Å². The molecule has 128 valence electrons. The van der Waals surface area contributed by atoms with Gasteiger partial charge in [0, 0.05) is 31.7 Å². The lowest BCUT2D eigenvalue weighted by atomic mass is 9.91. The highest BCUT2D eigenvalue weighted by Crippen LogP contribution is 2.20. The summed E-state index contributed by atoms with van der Waals surface area (Å²) in [5.74, 6) is 0.324. The Hall–Kier alpha value is -2.18. The molecule has 6 nitrogen and oxygen atoms in total. The third-order valence-electron chi connectivity index (χ3n) is 4.60. The molecule has 1 saturated heterocycles. The van der Waals surface area contributed by atoms with Crippen LogP contribution in [0, 0.1) is 12.8 Å². The largest absolute Gasteiger partial charge is 0.448 e. The van der Waals surface area contributed by atoms with Crippen molar-refractivity contribution < 1.29 is 14.3 Å². The number of nitrogens with zero attached hydrogens (tertiary/aromatic N) is 2. The van der Waals surface area contributed by atoms with Crippen LogP contribution in [0.1, 0.15) is 28.2 Å². The van der Waals surface area contributed by atoms with E-state index in [0.29, 0.717) is 18.0 Å². The van der Waals surface area contributed by atoms with Gasteiger partial charge in [-0.1, -0.05) is 30.3 Å². The minimum atomic E-state index is -0.244. The van der Waals surface area contributed by atoms with Gasteiger partial charge in [-0.05, 0) is 25.5 Å². The summed E-state index contributed by atoms with van der Waals surface area (Å²) in [5, 5.41) is 12.6. The molecule has 2 heterocycles. The number of carbonyl (C=O) groups excluding carboxylic acids is 1. The van der Waals surface area contributed by atoms with E-state index in [-0.39, 0.29) is 24.5 Å². The van der Waals surface area contributed by atoms with Crippen molar-refractivity contribution in [3.8, 4) is 0 Å². The Balaban J connectivity index is 1.65. The molecule has 0 saturated carbocycles. The molecule has 0 bridgehead atoms. The van der Waals surface area contributed by atoms with E-state index in [2.05, 4.69) is 27.3 Å². The highest BCUT2D eigenvalue weighted by atomic mass is 16.3. The zero-order valence-corrected chi connectivity index (χ0v) is 13.8. The lowest BCUT2D eigenvalue weighted by Crippen LogP contribution is -2.53. The van der Waals surface area contributed by atoms with Crippen LogP contribution >= 0.6 is 0 Å². The van der Waals surface area contributed by atoms with E-state index in [0.717, 1.165) is 19.5 Å². The standard InChI is InChI=1S/C18H23N3O3/c1-13-17(19-12-24-13)18(23)20-16-10-21(8-7-15(16)11-22)9-14-5-3-2-4-6-14/h2-6,12,15-16,22H,7-11H2,1H3,(H,20,23)/t15-,16+/m0/s1. The van der Waals surface area contributed by atoms with E-state index in [1.54, 1.807) is 6.92 Å². The fourth-order valence-corrected chi connectivity index (χ4v) is 3.20. The Kier molecular flexibility index (Phi) is 5.27. The number of benzene rings is 1. The molecule has 24 heavy (non-hydrogen) atoms. The summed E-state index contributed by atoms with van der Waals surface area (Å²) >= 11 is 0. The molecule has 1 amide bonds. The molecular weight excluding hydrogens is 306 g/mol. The summed E-state index contributed by atoms with van der Waals surface area (Å²) in [5.41, 5.74) is 1.56. The van der Waals surface area contributed by atoms with E-state index in [1.807, 2.05) is 18.2 Å². The van der Waals surface area contributed by atoms with Gasteiger partial charge < -0.3 is 14.8 Å². The topological polar surface area (TPSA) is 78.6 Å². The second kappa shape index (κ2) is 7.59. The fraction of sp³-hybridized carbons (Fsp3) is 0.444. The van der Waals surface area contributed by atoms with Gasteiger partial charge in [0.15, 0.2) is 12.1 Å². The number of piperidine rings is 1. The first-order chi connectivity index (χ1) is 11.7. The molecule has 6 heteroatoms. The summed E-state index contributed by atoms with van der Waals surface area (Å²) < 4.78 is 5.10. The van der Waals surface area contributed by atoms with Crippen LogP contribution in [-0.2, 0) is 6.54 Å². The van der Waals surface area contributed by atoms with E-state index >= 15 is 0 Å². The molecule has 1 aromatic heterocycles. The van der Waals surface area contributed by atoms with Crippen molar-refractivity contribution in [2.24, 2.45) is 5.92 Å².